The summed E-state index contributed by atoms with van der Waals surface area (Å²) in [5.74, 6) is -1.10. The van der Waals surface area contributed by atoms with E-state index in [0.29, 0.717) is 6.54 Å². The van der Waals surface area contributed by atoms with Crippen molar-refractivity contribution >= 4 is 40.2 Å². The molecule has 2 amide bonds. The first-order valence-corrected chi connectivity index (χ1v) is 11.6. The molecule has 2 heterocycles. The number of nitrogens with one attached hydrogen (secondary N) is 1. The van der Waals surface area contributed by atoms with Crippen molar-refractivity contribution in [1.82, 2.24) is 9.88 Å². The fraction of sp³-hybridized carbons (Fsp3) is 0.154. The fourth-order valence-corrected chi connectivity index (χ4v) is 5.43. The molecule has 166 valence electrons. The molecule has 3 aromatic carbocycles. The van der Waals surface area contributed by atoms with Gasteiger partial charge in [0, 0.05) is 30.1 Å². The molecule has 7 heteroatoms. The van der Waals surface area contributed by atoms with Crippen LogP contribution in [-0.4, -0.2) is 22.1 Å². The summed E-state index contributed by atoms with van der Waals surface area (Å²) in [6, 6.07) is 22.4. The van der Waals surface area contributed by atoms with Crippen LogP contribution in [0.25, 0.3) is 10.9 Å². The number of halogens is 1. The topological polar surface area (TPSA) is 54.3 Å². The molecule has 0 saturated carbocycles. The Balaban J connectivity index is 1.67. The van der Waals surface area contributed by atoms with Gasteiger partial charge in [-0.3, -0.25) is 14.5 Å². The second-order valence-electron chi connectivity index (χ2n) is 7.90. The van der Waals surface area contributed by atoms with Crippen LogP contribution in [-0.2, 0) is 23.2 Å². The maximum absolute atomic E-state index is 14.9. The minimum absolute atomic E-state index is 0.101. The molecule has 1 aromatic heterocycles. The third kappa shape index (κ3) is 3.78. The Labute approximate surface area is 195 Å². The smallest absolute Gasteiger partial charge is 0.248 e. The van der Waals surface area contributed by atoms with Gasteiger partial charge in [-0.1, -0.05) is 72.4 Å². The van der Waals surface area contributed by atoms with Crippen LogP contribution in [0.5, 0.6) is 0 Å². The molecule has 1 aliphatic heterocycles. The number of para-hydroxylation sites is 2. The highest BCUT2D eigenvalue weighted by Crippen LogP contribution is 2.43. The molecule has 0 radical (unpaired) electrons. The summed E-state index contributed by atoms with van der Waals surface area (Å²) in [4.78, 5) is 28.4. The lowest BCUT2D eigenvalue weighted by Crippen LogP contribution is -2.44. The first-order valence-electron chi connectivity index (χ1n) is 10.6. The molecule has 5 nitrogen and oxygen atoms in total. The van der Waals surface area contributed by atoms with Gasteiger partial charge in [-0.25, -0.2) is 4.39 Å². The summed E-state index contributed by atoms with van der Waals surface area (Å²) in [5.41, 5.74) is 2.72. The van der Waals surface area contributed by atoms with Gasteiger partial charge in [0.1, 0.15) is 11.9 Å². The SMILES string of the molecule is Cn1c2c(c3ccccc31)C(C(=O)NCc1ccccc1)N(c1ccccc1F)C(=O)CS2. The number of rotatable bonds is 4. The Bertz CT molecular complexity index is 1350. The summed E-state index contributed by atoms with van der Waals surface area (Å²) in [7, 11) is 1.93. The summed E-state index contributed by atoms with van der Waals surface area (Å²) in [6.07, 6.45) is 0. The maximum atomic E-state index is 14.9. The zero-order valence-electron chi connectivity index (χ0n) is 18.0. The molecule has 1 unspecified atom stereocenters. The number of aryl methyl sites for hydroxylation is 1. The third-order valence-electron chi connectivity index (χ3n) is 5.89. The van der Waals surface area contributed by atoms with Crippen molar-refractivity contribution in [3.8, 4) is 0 Å². The molecular formula is C26H22FN3O2S. The molecule has 5 rings (SSSR count). The van der Waals surface area contributed by atoms with Gasteiger partial charge in [-0.2, -0.15) is 0 Å². The van der Waals surface area contributed by atoms with Crippen LogP contribution in [0.1, 0.15) is 17.2 Å². The van der Waals surface area contributed by atoms with Crippen molar-refractivity contribution in [1.29, 1.82) is 0 Å². The van der Waals surface area contributed by atoms with Gasteiger partial charge in [0.25, 0.3) is 0 Å². The summed E-state index contributed by atoms with van der Waals surface area (Å²) >= 11 is 1.38. The van der Waals surface area contributed by atoms with E-state index in [1.165, 1.54) is 22.7 Å². The number of hydrogen-bond acceptors (Lipinski definition) is 3. The van der Waals surface area contributed by atoms with Gasteiger partial charge < -0.3 is 9.88 Å². The van der Waals surface area contributed by atoms with Crippen LogP contribution in [0.2, 0.25) is 0 Å². The molecule has 1 aliphatic rings. The van der Waals surface area contributed by atoms with Gasteiger partial charge in [0.2, 0.25) is 11.8 Å². The molecule has 0 saturated heterocycles. The van der Waals surface area contributed by atoms with Gasteiger partial charge in [-0.15, -0.1) is 0 Å². The van der Waals surface area contributed by atoms with Crippen molar-refractivity contribution < 1.29 is 14.0 Å². The minimum Gasteiger partial charge on any atom is -0.350 e. The van der Waals surface area contributed by atoms with Crippen LogP contribution >= 0.6 is 11.8 Å². The monoisotopic (exact) mass is 459 g/mol. The van der Waals surface area contributed by atoms with E-state index in [9.17, 15) is 14.0 Å². The molecule has 33 heavy (non-hydrogen) atoms. The highest BCUT2D eigenvalue weighted by Gasteiger charge is 2.40. The highest BCUT2D eigenvalue weighted by molar-refractivity contribution is 8.00. The predicted molar refractivity (Wildman–Crippen MR) is 129 cm³/mol. The van der Waals surface area contributed by atoms with Crippen molar-refractivity contribution in [2.24, 2.45) is 7.05 Å². The van der Waals surface area contributed by atoms with E-state index in [1.807, 2.05) is 66.2 Å². The van der Waals surface area contributed by atoms with Crippen molar-refractivity contribution in [2.45, 2.75) is 17.6 Å². The summed E-state index contributed by atoms with van der Waals surface area (Å²) < 4.78 is 16.9. The second kappa shape index (κ2) is 8.75. The lowest BCUT2D eigenvalue weighted by molar-refractivity contribution is -0.126. The highest BCUT2D eigenvalue weighted by atomic mass is 32.2. The van der Waals surface area contributed by atoms with Gasteiger partial charge in [0.15, 0.2) is 0 Å². The molecule has 4 aromatic rings. The quantitative estimate of drug-likeness (QED) is 0.476. The Morgan fingerprint density at radius 2 is 1.73 bits per heavy atom. The molecule has 1 atom stereocenters. The van der Waals surface area contributed by atoms with E-state index in [0.717, 1.165) is 27.1 Å². The van der Waals surface area contributed by atoms with Crippen LogP contribution in [0.4, 0.5) is 10.1 Å². The molecule has 0 bridgehead atoms. The number of thioether (sulfide) groups is 1. The number of fused-ring (bicyclic) bond motifs is 3. The van der Waals surface area contributed by atoms with Crippen LogP contribution in [0.15, 0.2) is 83.9 Å². The van der Waals surface area contributed by atoms with E-state index in [-0.39, 0.29) is 23.3 Å². The zero-order valence-corrected chi connectivity index (χ0v) is 18.8. The van der Waals surface area contributed by atoms with Crippen molar-refractivity contribution in [2.75, 3.05) is 10.7 Å². The van der Waals surface area contributed by atoms with Gasteiger partial charge >= 0.3 is 0 Å². The maximum Gasteiger partial charge on any atom is 0.248 e. The number of carbonyl (C=O) groups is 2. The van der Waals surface area contributed by atoms with Crippen LogP contribution < -0.4 is 10.2 Å². The molecule has 1 N–H and O–H groups in total. The van der Waals surface area contributed by atoms with Crippen LogP contribution in [0, 0.1) is 5.82 Å². The van der Waals surface area contributed by atoms with Crippen molar-refractivity contribution in [3.63, 3.8) is 0 Å². The Hall–Kier alpha value is -3.58. The van der Waals surface area contributed by atoms with E-state index in [4.69, 9.17) is 0 Å². The second-order valence-corrected chi connectivity index (χ2v) is 8.87. The Morgan fingerprint density at radius 3 is 2.52 bits per heavy atom. The Kier molecular flexibility index (Phi) is 5.64. The fourth-order valence-electron chi connectivity index (χ4n) is 4.36. The zero-order chi connectivity index (χ0) is 22.9. The van der Waals surface area contributed by atoms with Crippen LogP contribution in [0.3, 0.4) is 0 Å². The van der Waals surface area contributed by atoms with E-state index in [2.05, 4.69) is 5.32 Å². The van der Waals surface area contributed by atoms with Crippen molar-refractivity contribution in [3.05, 3.63) is 95.8 Å². The molecule has 0 spiro atoms. The van der Waals surface area contributed by atoms with E-state index >= 15 is 0 Å². The first-order chi connectivity index (χ1) is 16.1. The third-order valence-corrected chi connectivity index (χ3v) is 7.05. The number of amides is 2. The lowest BCUT2D eigenvalue weighted by atomic mass is 10.0. The number of nitrogens with zero attached hydrogens (tertiary/aromatic N) is 2. The van der Waals surface area contributed by atoms with E-state index in [1.54, 1.807) is 18.2 Å². The first kappa shape index (κ1) is 21.3. The number of anilines is 1. The largest absolute Gasteiger partial charge is 0.350 e. The Morgan fingerprint density at radius 1 is 1.03 bits per heavy atom. The number of carbonyl (C=O) groups excluding carboxylic acids is 2. The number of benzene rings is 3. The summed E-state index contributed by atoms with van der Waals surface area (Å²) in [5, 5.41) is 4.69. The lowest BCUT2D eigenvalue weighted by Gasteiger charge is -2.30. The molecule has 0 aliphatic carbocycles. The van der Waals surface area contributed by atoms with E-state index < -0.39 is 11.9 Å². The average Bonchev–Trinajstić information content (AvgIpc) is 3.02. The standard InChI is InChI=1S/C26H22FN3O2S/c1-29-20-13-7-5-11-18(20)23-24(25(32)28-15-17-9-3-2-4-10-17)30(22(31)16-33-26(23)29)21-14-8-6-12-19(21)27/h2-14,24H,15-16H2,1H3,(H,28,32). The van der Waals surface area contributed by atoms with Gasteiger partial charge in [0.05, 0.1) is 16.5 Å². The molecule has 0 fully saturated rings. The predicted octanol–water partition coefficient (Wildman–Crippen LogP) is 4.81. The minimum atomic E-state index is -1.01. The normalized spacial score (nSPS) is 15.9. The average molecular weight is 460 g/mol. The number of hydrogen-bond donors (Lipinski definition) is 1. The number of aromatic nitrogens is 1. The summed E-state index contributed by atoms with van der Waals surface area (Å²) in [6.45, 7) is 0.308. The van der Waals surface area contributed by atoms with Gasteiger partial charge in [-0.05, 0) is 23.8 Å². The molecular weight excluding hydrogens is 437 g/mol.